The molecule has 4 nitrogen and oxygen atoms in total. The van der Waals surface area contributed by atoms with Crippen LogP contribution in [0.3, 0.4) is 0 Å². The number of para-hydroxylation sites is 2. The van der Waals surface area contributed by atoms with Crippen molar-refractivity contribution in [3.63, 3.8) is 0 Å². The maximum Gasteiger partial charge on any atom is 0.262 e. The molecule has 0 saturated carbocycles. The van der Waals surface area contributed by atoms with Gasteiger partial charge in [-0.05, 0) is 57.8 Å². The number of carbonyl (C=O) groups is 1. The van der Waals surface area contributed by atoms with Crippen LogP contribution in [0.2, 0.25) is 0 Å². The Labute approximate surface area is 163 Å². The van der Waals surface area contributed by atoms with Gasteiger partial charge in [0.1, 0.15) is 0 Å². The summed E-state index contributed by atoms with van der Waals surface area (Å²) in [6.45, 7) is 1.04. The highest BCUT2D eigenvalue weighted by Crippen LogP contribution is 2.39. The number of rotatable bonds is 5. The summed E-state index contributed by atoms with van der Waals surface area (Å²) in [6.07, 6.45) is 4.06. The molecule has 1 aromatic heterocycles. The first-order chi connectivity index (χ1) is 13.1. The van der Waals surface area contributed by atoms with Crippen LogP contribution in [0, 0.1) is 0 Å². The first-order valence-electron chi connectivity index (χ1n) is 9.16. The monoisotopic (exact) mass is 377 g/mol. The number of thioether (sulfide) groups is 1. The molecule has 4 rings (SSSR count). The maximum atomic E-state index is 12.6. The number of hydrogen-bond donors (Lipinski definition) is 2. The number of H-pyrrole nitrogens is 1. The molecular formula is C22H23N3OS. The van der Waals surface area contributed by atoms with Gasteiger partial charge in [-0.2, -0.15) is 0 Å². The smallest absolute Gasteiger partial charge is 0.262 e. The van der Waals surface area contributed by atoms with E-state index in [9.17, 15) is 4.79 Å². The normalized spacial score (nSPS) is 15.4. The standard InChI is InChI=1S/C22H23N3OS/c1-25(2)13-7-11-18-16(15-8-3-4-9-17(15)23-18)14-21-22(26)24-19-10-5-6-12-20(19)27-21/h3-6,8-10,12,14,23H,7,11,13H2,1-2H3,(H,24,26). The molecule has 0 saturated heterocycles. The van der Waals surface area contributed by atoms with Crippen LogP contribution in [0.15, 0.2) is 58.3 Å². The molecule has 0 fully saturated rings. The number of amides is 1. The topological polar surface area (TPSA) is 48.1 Å². The zero-order chi connectivity index (χ0) is 18.8. The molecule has 0 radical (unpaired) electrons. The Hall–Kier alpha value is -2.50. The minimum absolute atomic E-state index is 0.0387. The van der Waals surface area contributed by atoms with Gasteiger partial charge in [0.15, 0.2) is 0 Å². The number of aromatic amines is 1. The van der Waals surface area contributed by atoms with Crippen molar-refractivity contribution in [2.45, 2.75) is 17.7 Å². The largest absolute Gasteiger partial charge is 0.358 e. The molecule has 5 heteroatoms. The Morgan fingerprint density at radius 2 is 1.85 bits per heavy atom. The Morgan fingerprint density at radius 1 is 1.07 bits per heavy atom. The van der Waals surface area contributed by atoms with Crippen LogP contribution in [0.5, 0.6) is 0 Å². The maximum absolute atomic E-state index is 12.6. The highest BCUT2D eigenvalue weighted by atomic mass is 32.2. The second kappa shape index (κ2) is 7.62. The van der Waals surface area contributed by atoms with Crippen molar-refractivity contribution in [2.75, 3.05) is 26.0 Å². The first kappa shape index (κ1) is 17.9. The van der Waals surface area contributed by atoms with Crippen molar-refractivity contribution in [2.24, 2.45) is 0 Å². The highest BCUT2D eigenvalue weighted by Gasteiger charge is 2.21. The van der Waals surface area contributed by atoms with E-state index in [2.05, 4.69) is 41.4 Å². The van der Waals surface area contributed by atoms with Crippen LogP contribution >= 0.6 is 11.8 Å². The summed E-state index contributed by atoms with van der Waals surface area (Å²) in [7, 11) is 4.18. The Kier molecular flexibility index (Phi) is 5.05. The molecule has 138 valence electrons. The van der Waals surface area contributed by atoms with Crippen molar-refractivity contribution < 1.29 is 4.79 Å². The van der Waals surface area contributed by atoms with E-state index in [1.54, 1.807) is 0 Å². The second-order valence-electron chi connectivity index (χ2n) is 7.03. The number of nitrogens with one attached hydrogen (secondary N) is 2. The molecule has 2 heterocycles. The van der Waals surface area contributed by atoms with Crippen LogP contribution < -0.4 is 5.32 Å². The minimum Gasteiger partial charge on any atom is -0.358 e. The number of nitrogens with zero attached hydrogens (tertiary/aromatic N) is 1. The fraction of sp³-hybridized carbons (Fsp3) is 0.227. The molecule has 1 aliphatic heterocycles. The Bertz CT molecular complexity index is 1020. The molecule has 27 heavy (non-hydrogen) atoms. The van der Waals surface area contributed by atoms with Gasteiger partial charge in [0.05, 0.1) is 10.6 Å². The molecule has 1 aliphatic rings. The second-order valence-corrected chi connectivity index (χ2v) is 8.11. The van der Waals surface area contributed by atoms with Crippen LogP contribution in [-0.2, 0) is 11.2 Å². The van der Waals surface area contributed by atoms with Gasteiger partial charge in [-0.3, -0.25) is 4.79 Å². The highest BCUT2D eigenvalue weighted by molar-refractivity contribution is 8.04. The summed E-state index contributed by atoms with van der Waals surface area (Å²) in [5.74, 6) is -0.0387. The fourth-order valence-electron chi connectivity index (χ4n) is 3.39. The first-order valence-corrected chi connectivity index (χ1v) is 9.98. The van der Waals surface area contributed by atoms with Crippen molar-refractivity contribution in [1.29, 1.82) is 0 Å². The molecule has 0 atom stereocenters. The minimum atomic E-state index is -0.0387. The van der Waals surface area contributed by atoms with Gasteiger partial charge >= 0.3 is 0 Å². The van der Waals surface area contributed by atoms with Gasteiger partial charge in [0.2, 0.25) is 0 Å². The van der Waals surface area contributed by atoms with E-state index in [0.717, 1.165) is 51.3 Å². The number of hydrogen-bond acceptors (Lipinski definition) is 3. The summed E-state index contributed by atoms with van der Waals surface area (Å²) in [6, 6.07) is 16.2. The SMILES string of the molecule is CN(C)CCCc1[nH]c2ccccc2c1C=C1Sc2ccccc2NC1=O. The lowest BCUT2D eigenvalue weighted by atomic mass is 10.1. The van der Waals surface area contributed by atoms with E-state index in [1.807, 2.05) is 42.5 Å². The van der Waals surface area contributed by atoms with Crippen molar-refractivity contribution >= 4 is 40.3 Å². The van der Waals surface area contributed by atoms with Crippen LogP contribution in [0.4, 0.5) is 5.69 Å². The zero-order valence-corrected chi connectivity index (χ0v) is 16.4. The van der Waals surface area contributed by atoms with Gasteiger partial charge in [-0.25, -0.2) is 0 Å². The summed E-state index contributed by atoms with van der Waals surface area (Å²) in [5, 5.41) is 4.17. The van der Waals surface area contributed by atoms with Crippen LogP contribution in [-0.4, -0.2) is 36.4 Å². The van der Waals surface area contributed by atoms with E-state index < -0.39 is 0 Å². The third-order valence-corrected chi connectivity index (χ3v) is 5.81. The predicted molar refractivity (Wildman–Crippen MR) is 114 cm³/mol. The van der Waals surface area contributed by atoms with E-state index in [1.165, 1.54) is 17.5 Å². The summed E-state index contributed by atoms with van der Waals surface area (Å²) in [4.78, 5) is 20.2. The van der Waals surface area contributed by atoms with Crippen LogP contribution in [0.1, 0.15) is 17.7 Å². The molecular weight excluding hydrogens is 354 g/mol. The van der Waals surface area contributed by atoms with Crippen molar-refractivity contribution in [3.05, 3.63) is 64.7 Å². The lowest BCUT2D eigenvalue weighted by Gasteiger charge is -2.18. The van der Waals surface area contributed by atoms with Gasteiger partial charge in [-0.15, -0.1) is 0 Å². The Morgan fingerprint density at radius 3 is 2.70 bits per heavy atom. The number of aromatic nitrogens is 1. The number of fused-ring (bicyclic) bond motifs is 2. The summed E-state index contributed by atoms with van der Waals surface area (Å²) in [5.41, 5.74) is 4.32. The molecule has 0 bridgehead atoms. The van der Waals surface area contributed by atoms with Crippen LogP contribution in [0.25, 0.3) is 17.0 Å². The summed E-state index contributed by atoms with van der Waals surface area (Å²) < 4.78 is 0. The zero-order valence-electron chi connectivity index (χ0n) is 15.6. The van der Waals surface area contributed by atoms with Crippen molar-refractivity contribution in [3.8, 4) is 0 Å². The average molecular weight is 378 g/mol. The number of carbonyl (C=O) groups excluding carboxylic acids is 1. The third-order valence-electron chi connectivity index (χ3n) is 4.71. The molecule has 2 aromatic carbocycles. The number of aryl methyl sites for hydroxylation is 1. The van der Waals surface area contributed by atoms with E-state index >= 15 is 0 Å². The fourth-order valence-corrected chi connectivity index (χ4v) is 4.32. The molecule has 0 unspecified atom stereocenters. The molecule has 0 aliphatic carbocycles. The quantitative estimate of drug-likeness (QED) is 0.631. The third kappa shape index (κ3) is 3.80. The van der Waals surface area contributed by atoms with Gasteiger partial charge < -0.3 is 15.2 Å². The van der Waals surface area contributed by atoms with Gasteiger partial charge in [0.25, 0.3) is 5.91 Å². The molecule has 1 amide bonds. The number of benzene rings is 2. The summed E-state index contributed by atoms with van der Waals surface area (Å²) >= 11 is 1.54. The lowest BCUT2D eigenvalue weighted by Crippen LogP contribution is -2.17. The Balaban J connectivity index is 1.72. The van der Waals surface area contributed by atoms with Gasteiger partial charge in [0, 0.05) is 27.1 Å². The average Bonchev–Trinajstić information content (AvgIpc) is 2.99. The van der Waals surface area contributed by atoms with E-state index in [-0.39, 0.29) is 5.91 Å². The predicted octanol–water partition coefficient (Wildman–Crippen LogP) is 4.75. The van der Waals surface area contributed by atoms with Gasteiger partial charge in [-0.1, -0.05) is 42.1 Å². The van der Waals surface area contributed by atoms with E-state index in [4.69, 9.17) is 0 Å². The molecule has 3 aromatic rings. The van der Waals surface area contributed by atoms with Crippen molar-refractivity contribution in [1.82, 2.24) is 9.88 Å². The number of anilines is 1. The lowest BCUT2D eigenvalue weighted by molar-refractivity contribution is -0.112. The molecule has 0 spiro atoms. The van der Waals surface area contributed by atoms with E-state index in [0.29, 0.717) is 0 Å². The molecule has 2 N–H and O–H groups in total.